The van der Waals surface area contributed by atoms with Crippen LogP contribution in [0.1, 0.15) is 10.5 Å². The summed E-state index contributed by atoms with van der Waals surface area (Å²) >= 11 is 0. The third-order valence-electron chi connectivity index (χ3n) is 2.85. The van der Waals surface area contributed by atoms with Gasteiger partial charge in [0.15, 0.2) is 0 Å². The van der Waals surface area contributed by atoms with E-state index in [4.69, 9.17) is 9.47 Å². The fourth-order valence-corrected chi connectivity index (χ4v) is 1.73. The van der Waals surface area contributed by atoms with Gasteiger partial charge in [0.25, 0.3) is 5.91 Å². The number of nitrogens with one attached hydrogen (secondary N) is 2. The van der Waals surface area contributed by atoms with Crippen molar-refractivity contribution in [2.24, 2.45) is 0 Å². The molecule has 7 nitrogen and oxygen atoms in total. The summed E-state index contributed by atoms with van der Waals surface area (Å²) in [5.74, 6) is 1.04. The molecule has 2 rings (SSSR count). The summed E-state index contributed by atoms with van der Waals surface area (Å²) in [5, 5.41) is 5.81. The van der Waals surface area contributed by atoms with E-state index in [1.165, 1.54) is 6.33 Å². The molecule has 1 aromatic carbocycles. The molecule has 0 fully saturated rings. The van der Waals surface area contributed by atoms with E-state index in [0.717, 1.165) is 11.4 Å². The van der Waals surface area contributed by atoms with Gasteiger partial charge in [-0.25, -0.2) is 9.97 Å². The van der Waals surface area contributed by atoms with Gasteiger partial charge in [0, 0.05) is 25.4 Å². The van der Waals surface area contributed by atoms with Crippen molar-refractivity contribution in [2.45, 2.75) is 0 Å². The van der Waals surface area contributed by atoms with Gasteiger partial charge in [-0.1, -0.05) is 0 Å². The van der Waals surface area contributed by atoms with E-state index >= 15 is 0 Å². The summed E-state index contributed by atoms with van der Waals surface area (Å²) < 4.78 is 9.98. The minimum atomic E-state index is -0.266. The van der Waals surface area contributed by atoms with Gasteiger partial charge in [-0.3, -0.25) is 4.79 Å². The minimum absolute atomic E-state index is 0.266. The molecule has 0 atom stereocenters. The molecule has 2 aromatic rings. The number of benzene rings is 1. The summed E-state index contributed by atoms with van der Waals surface area (Å²) in [6.07, 6.45) is 1.34. The van der Waals surface area contributed by atoms with Crippen molar-refractivity contribution in [3.63, 3.8) is 0 Å². The van der Waals surface area contributed by atoms with Gasteiger partial charge in [0.05, 0.1) is 13.7 Å². The highest BCUT2D eigenvalue weighted by Crippen LogP contribution is 2.18. The molecule has 0 bridgehead atoms. The first-order valence-corrected chi connectivity index (χ1v) is 6.73. The van der Waals surface area contributed by atoms with Crippen LogP contribution in [-0.2, 0) is 4.74 Å². The Morgan fingerprint density at radius 3 is 2.64 bits per heavy atom. The molecule has 7 heteroatoms. The molecule has 22 heavy (non-hydrogen) atoms. The number of rotatable bonds is 7. The Kier molecular flexibility index (Phi) is 5.67. The van der Waals surface area contributed by atoms with E-state index in [-0.39, 0.29) is 5.91 Å². The number of hydrogen-bond acceptors (Lipinski definition) is 6. The summed E-state index contributed by atoms with van der Waals surface area (Å²) in [6.45, 7) is 0.883. The highest BCUT2D eigenvalue weighted by molar-refractivity contribution is 5.92. The third kappa shape index (κ3) is 4.42. The fourth-order valence-electron chi connectivity index (χ4n) is 1.73. The van der Waals surface area contributed by atoms with Crippen LogP contribution in [0, 0.1) is 0 Å². The normalized spacial score (nSPS) is 10.1. The highest BCUT2D eigenvalue weighted by atomic mass is 16.5. The SMILES string of the molecule is COCCNC(=O)c1cc(Nc2ccc(OC)cc2)ncn1. The Balaban J connectivity index is 2.02. The van der Waals surface area contributed by atoms with Crippen LogP contribution < -0.4 is 15.4 Å². The van der Waals surface area contributed by atoms with Crippen molar-refractivity contribution in [1.29, 1.82) is 0 Å². The first kappa shape index (κ1) is 15.7. The number of amides is 1. The maximum absolute atomic E-state index is 11.9. The van der Waals surface area contributed by atoms with Crippen LogP contribution in [-0.4, -0.2) is 43.2 Å². The zero-order valence-corrected chi connectivity index (χ0v) is 12.5. The predicted octanol–water partition coefficient (Wildman–Crippen LogP) is 1.60. The van der Waals surface area contributed by atoms with Crippen molar-refractivity contribution in [2.75, 3.05) is 32.7 Å². The maximum atomic E-state index is 11.9. The van der Waals surface area contributed by atoms with Crippen LogP contribution >= 0.6 is 0 Å². The molecule has 0 saturated carbocycles. The van der Waals surface area contributed by atoms with Gasteiger partial charge >= 0.3 is 0 Å². The molecular formula is C15H18N4O3. The van der Waals surface area contributed by atoms with Gasteiger partial charge < -0.3 is 20.1 Å². The molecule has 0 spiro atoms. The molecule has 0 aliphatic rings. The van der Waals surface area contributed by atoms with Crippen LogP contribution in [0.3, 0.4) is 0 Å². The van der Waals surface area contributed by atoms with Crippen molar-refractivity contribution in [3.05, 3.63) is 42.4 Å². The van der Waals surface area contributed by atoms with Crippen molar-refractivity contribution >= 4 is 17.4 Å². The molecule has 0 radical (unpaired) electrons. The van der Waals surface area contributed by atoms with Gasteiger partial charge in [-0.05, 0) is 24.3 Å². The number of hydrogen-bond donors (Lipinski definition) is 2. The lowest BCUT2D eigenvalue weighted by Crippen LogP contribution is -2.27. The van der Waals surface area contributed by atoms with E-state index in [1.54, 1.807) is 20.3 Å². The van der Waals surface area contributed by atoms with Crippen molar-refractivity contribution in [3.8, 4) is 5.75 Å². The van der Waals surface area contributed by atoms with E-state index in [9.17, 15) is 4.79 Å². The molecule has 0 saturated heterocycles. The topological polar surface area (TPSA) is 85.4 Å². The minimum Gasteiger partial charge on any atom is -0.497 e. The number of ether oxygens (including phenoxy) is 2. The molecular weight excluding hydrogens is 284 g/mol. The first-order valence-electron chi connectivity index (χ1n) is 6.73. The van der Waals surface area contributed by atoms with Crippen LogP contribution in [0.5, 0.6) is 5.75 Å². The number of aromatic nitrogens is 2. The molecule has 2 N–H and O–H groups in total. The van der Waals surface area contributed by atoms with Crippen molar-refractivity contribution in [1.82, 2.24) is 15.3 Å². The molecule has 0 unspecified atom stereocenters. The predicted molar refractivity (Wildman–Crippen MR) is 82.5 cm³/mol. The van der Waals surface area contributed by atoms with Crippen LogP contribution in [0.25, 0.3) is 0 Å². The molecule has 0 aliphatic carbocycles. The lowest BCUT2D eigenvalue weighted by Gasteiger charge is -2.08. The largest absolute Gasteiger partial charge is 0.497 e. The van der Waals surface area contributed by atoms with Crippen molar-refractivity contribution < 1.29 is 14.3 Å². The lowest BCUT2D eigenvalue weighted by atomic mass is 10.3. The highest BCUT2D eigenvalue weighted by Gasteiger charge is 2.08. The van der Waals surface area contributed by atoms with Crippen LogP contribution in [0.2, 0.25) is 0 Å². The smallest absolute Gasteiger partial charge is 0.270 e. The Morgan fingerprint density at radius 2 is 1.95 bits per heavy atom. The number of anilines is 2. The third-order valence-corrected chi connectivity index (χ3v) is 2.85. The van der Waals surface area contributed by atoms with Gasteiger partial charge in [-0.15, -0.1) is 0 Å². The molecule has 1 aromatic heterocycles. The fraction of sp³-hybridized carbons (Fsp3) is 0.267. The number of carbonyl (C=O) groups excluding carboxylic acids is 1. The van der Waals surface area contributed by atoms with E-state index in [2.05, 4.69) is 20.6 Å². The molecule has 1 amide bonds. The van der Waals surface area contributed by atoms with Gasteiger partial charge in [-0.2, -0.15) is 0 Å². The summed E-state index contributed by atoms with van der Waals surface area (Å²) in [6, 6.07) is 8.98. The van der Waals surface area contributed by atoms with Gasteiger partial charge in [0.1, 0.15) is 23.6 Å². The molecule has 116 valence electrons. The monoisotopic (exact) mass is 302 g/mol. The van der Waals surface area contributed by atoms with E-state index < -0.39 is 0 Å². The Morgan fingerprint density at radius 1 is 1.18 bits per heavy atom. The van der Waals surface area contributed by atoms with E-state index in [0.29, 0.717) is 24.7 Å². The molecule has 0 aliphatic heterocycles. The second-order valence-electron chi connectivity index (χ2n) is 4.39. The standard InChI is InChI=1S/C15H18N4O3/c1-21-8-7-16-15(20)13-9-14(18-10-17-13)19-11-3-5-12(22-2)6-4-11/h3-6,9-10H,7-8H2,1-2H3,(H,16,20)(H,17,18,19). The summed E-state index contributed by atoms with van der Waals surface area (Å²) in [4.78, 5) is 20.0. The summed E-state index contributed by atoms with van der Waals surface area (Å²) in [5.41, 5.74) is 1.13. The average Bonchev–Trinajstić information content (AvgIpc) is 2.56. The number of carbonyl (C=O) groups is 1. The molecule has 1 heterocycles. The lowest BCUT2D eigenvalue weighted by molar-refractivity contribution is 0.0932. The van der Waals surface area contributed by atoms with Crippen LogP contribution in [0.15, 0.2) is 36.7 Å². The quantitative estimate of drug-likeness (QED) is 0.756. The number of methoxy groups -OCH3 is 2. The summed E-state index contributed by atoms with van der Waals surface area (Å²) in [7, 11) is 3.19. The average molecular weight is 302 g/mol. The maximum Gasteiger partial charge on any atom is 0.270 e. The number of nitrogens with zero attached hydrogens (tertiary/aromatic N) is 2. The first-order chi connectivity index (χ1) is 10.7. The zero-order chi connectivity index (χ0) is 15.8. The Labute approximate surface area is 128 Å². The Hall–Kier alpha value is -2.67. The Bertz CT molecular complexity index is 616. The second kappa shape index (κ2) is 7.94. The second-order valence-corrected chi connectivity index (χ2v) is 4.39. The zero-order valence-electron chi connectivity index (χ0n) is 12.5. The van der Waals surface area contributed by atoms with Gasteiger partial charge in [0.2, 0.25) is 0 Å². The van der Waals surface area contributed by atoms with Crippen LogP contribution in [0.4, 0.5) is 11.5 Å². The van der Waals surface area contributed by atoms with E-state index in [1.807, 2.05) is 24.3 Å².